The zero-order valence-corrected chi connectivity index (χ0v) is 11.2. The summed E-state index contributed by atoms with van der Waals surface area (Å²) < 4.78 is 0. The van der Waals surface area contributed by atoms with Crippen molar-refractivity contribution in [3.8, 4) is 0 Å². The average molecular weight is 248 g/mol. The number of nitrogens with two attached hydrogens (primary N) is 1. The molecule has 3 heteroatoms. The molecular weight excluding hydrogens is 224 g/mol. The van der Waals surface area contributed by atoms with Gasteiger partial charge in [-0.3, -0.25) is 4.90 Å². The second-order valence-corrected chi connectivity index (χ2v) is 5.47. The number of piperidine rings is 1. The third-order valence-corrected chi connectivity index (χ3v) is 4.11. The highest BCUT2D eigenvalue weighted by atomic mass is 16.3. The van der Waals surface area contributed by atoms with Gasteiger partial charge in [0.15, 0.2) is 0 Å². The molecule has 1 aromatic carbocycles. The van der Waals surface area contributed by atoms with Crippen molar-refractivity contribution in [3.63, 3.8) is 0 Å². The number of aliphatic hydroxyl groups excluding tert-OH is 1. The number of aliphatic hydroxyl groups is 1. The molecule has 0 saturated carbocycles. The topological polar surface area (TPSA) is 49.5 Å². The maximum atomic E-state index is 9.02. The van der Waals surface area contributed by atoms with Crippen LogP contribution in [-0.4, -0.2) is 29.6 Å². The molecule has 1 fully saturated rings. The molecule has 2 rings (SSSR count). The number of nitrogens with zero attached hydrogens (tertiary/aromatic N) is 1. The molecule has 0 radical (unpaired) electrons. The number of benzene rings is 1. The minimum Gasteiger partial charge on any atom is -0.392 e. The Morgan fingerprint density at radius 2 is 1.94 bits per heavy atom. The second-order valence-electron chi connectivity index (χ2n) is 5.47. The Balaban J connectivity index is 1.92. The molecule has 3 nitrogen and oxygen atoms in total. The van der Waals surface area contributed by atoms with Gasteiger partial charge in [0.05, 0.1) is 6.61 Å². The van der Waals surface area contributed by atoms with Gasteiger partial charge >= 0.3 is 0 Å². The number of hydrogen-bond donors (Lipinski definition) is 2. The molecule has 1 aliphatic rings. The van der Waals surface area contributed by atoms with E-state index in [1.807, 2.05) is 12.1 Å². The van der Waals surface area contributed by atoms with Gasteiger partial charge in [-0.05, 0) is 42.5 Å². The Hall–Kier alpha value is -0.900. The predicted molar refractivity (Wildman–Crippen MR) is 74.0 cm³/mol. The monoisotopic (exact) mass is 248 g/mol. The molecule has 1 heterocycles. The zero-order chi connectivity index (χ0) is 13.0. The van der Waals surface area contributed by atoms with Gasteiger partial charge in [-0.1, -0.05) is 31.2 Å². The summed E-state index contributed by atoms with van der Waals surface area (Å²) in [5, 5.41) is 9.02. The van der Waals surface area contributed by atoms with Gasteiger partial charge in [-0.25, -0.2) is 0 Å². The van der Waals surface area contributed by atoms with Crippen molar-refractivity contribution in [2.24, 2.45) is 17.6 Å². The van der Waals surface area contributed by atoms with Crippen LogP contribution in [0.25, 0.3) is 0 Å². The first-order valence-corrected chi connectivity index (χ1v) is 6.84. The Kier molecular flexibility index (Phi) is 4.75. The molecule has 0 spiro atoms. The molecule has 18 heavy (non-hydrogen) atoms. The highest BCUT2D eigenvalue weighted by Gasteiger charge is 2.24. The van der Waals surface area contributed by atoms with Crippen molar-refractivity contribution in [1.29, 1.82) is 0 Å². The third kappa shape index (κ3) is 3.31. The fourth-order valence-electron chi connectivity index (χ4n) is 2.68. The molecule has 0 bridgehead atoms. The fourth-order valence-corrected chi connectivity index (χ4v) is 2.68. The molecule has 1 aromatic rings. The SMILES string of the molecule is CC1CCN(Cc2ccc(CO)cc2)CC1CN. The summed E-state index contributed by atoms with van der Waals surface area (Å²) in [6.45, 7) is 6.50. The summed E-state index contributed by atoms with van der Waals surface area (Å²) in [4.78, 5) is 2.49. The van der Waals surface area contributed by atoms with Gasteiger partial charge in [-0.2, -0.15) is 0 Å². The zero-order valence-electron chi connectivity index (χ0n) is 11.2. The van der Waals surface area contributed by atoms with Crippen LogP contribution in [0.2, 0.25) is 0 Å². The van der Waals surface area contributed by atoms with E-state index in [9.17, 15) is 0 Å². The van der Waals surface area contributed by atoms with Crippen LogP contribution in [-0.2, 0) is 13.2 Å². The normalized spacial score (nSPS) is 25.3. The van der Waals surface area contributed by atoms with E-state index in [2.05, 4.69) is 24.0 Å². The molecular formula is C15H24N2O. The number of hydrogen-bond acceptors (Lipinski definition) is 3. The van der Waals surface area contributed by atoms with Crippen LogP contribution < -0.4 is 5.73 Å². The molecule has 0 amide bonds. The van der Waals surface area contributed by atoms with Gasteiger partial charge in [0.25, 0.3) is 0 Å². The van der Waals surface area contributed by atoms with E-state index in [1.54, 1.807) is 0 Å². The van der Waals surface area contributed by atoms with E-state index >= 15 is 0 Å². The van der Waals surface area contributed by atoms with Crippen molar-refractivity contribution in [2.75, 3.05) is 19.6 Å². The third-order valence-electron chi connectivity index (χ3n) is 4.11. The minimum atomic E-state index is 0.122. The van der Waals surface area contributed by atoms with E-state index in [4.69, 9.17) is 10.8 Å². The smallest absolute Gasteiger partial charge is 0.0681 e. The lowest BCUT2D eigenvalue weighted by molar-refractivity contribution is 0.126. The molecule has 2 atom stereocenters. The Labute approximate surface area is 110 Å². The van der Waals surface area contributed by atoms with Crippen molar-refractivity contribution in [1.82, 2.24) is 4.90 Å². The largest absolute Gasteiger partial charge is 0.392 e. The summed E-state index contributed by atoms with van der Waals surface area (Å²) in [6.07, 6.45) is 1.25. The van der Waals surface area contributed by atoms with Crippen LogP contribution in [0.4, 0.5) is 0 Å². The van der Waals surface area contributed by atoms with E-state index in [0.29, 0.717) is 5.92 Å². The standard InChI is InChI=1S/C15H24N2O/c1-12-6-7-17(10-15(12)8-16)9-13-2-4-14(11-18)5-3-13/h2-5,12,15,18H,6-11,16H2,1H3. The predicted octanol–water partition coefficient (Wildman–Crippen LogP) is 1.60. The summed E-state index contributed by atoms with van der Waals surface area (Å²) >= 11 is 0. The van der Waals surface area contributed by atoms with Gasteiger partial charge in [-0.15, -0.1) is 0 Å². The summed E-state index contributed by atoms with van der Waals surface area (Å²) in [7, 11) is 0. The lowest BCUT2D eigenvalue weighted by Gasteiger charge is -2.36. The van der Waals surface area contributed by atoms with E-state index in [1.165, 1.54) is 18.5 Å². The first-order chi connectivity index (χ1) is 8.72. The molecule has 100 valence electrons. The van der Waals surface area contributed by atoms with Crippen molar-refractivity contribution >= 4 is 0 Å². The Bertz CT molecular complexity index is 363. The first-order valence-electron chi connectivity index (χ1n) is 6.84. The van der Waals surface area contributed by atoms with Crippen LogP contribution in [0, 0.1) is 11.8 Å². The van der Waals surface area contributed by atoms with E-state index < -0.39 is 0 Å². The lowest BCUT2D eigenvalue weighted by atomic mass is 9.87. The molecule has 1 aliphatic heterocycles. The van der Waals surface area contributed by atoms with Crippen molar-refractivity contribution < 1.29 is 5.11 Å². The van der Waals surface area contributed by atoms with Crippen molar-refractivity contribution in [3.05, 3.63) is 35.4 Å². The maximum Gasteiger partial charge on any atom is 0.0681 e. The van der Waals surface area contributed by atoms with Gasteiger partial charge < -0.3 is 10.8 Å². The molecule has 0 aliphatic carbocycles. The summed E-state index contributed by atoms with van der Waals surface area (Å²) in [6, 6.07) is 8.23. The Morgan fingerprint density at radius 1 is 1.28 bits per heavy atom. The van der Waals surface area contributed by atoms with Gasteiger partial charge in [0.2, 0.25) is 0 Å². The highest BCUT2D eigenvalue weighted by Crippen LogP contribution is 2.23. The van der Waals surface area contributed by atoms with Gasteiger partial charge in [0.1, 0.15) is 0 Å². The average Bonchev–Trinajstić information content (AvgIpc) is 2.42. The molecule has 0 aromatic heterocycles. The number of rotatable bonds is 4. The summed E-state index contributed by atoms with van der Waals surface area (Å²) in [5.74, 6) is 1.39. The van der Waals surface area contributed by atoms with Crippen LogP contribution in [0.1, 0.15) is 24.5 Å². The van der Waals surface area contributed by atoms with Gasteiger partial charge in [0, 0.05) is 13.1 Å². The first kappa shape index (κ1) is 13.5. The fraction of sp³-hybridized carbons (Fsp3) is 0.600. The second kappa shape index (κ2) is 6.32. The molecule has 2 unspecified atom stereocenters. The van der Waals surface area contributed by atoms with Crippen LogP contribution >= 0.6 is 0 Å². The molecule has 1 saturated heterocycles. The number of likely N-dealkylation sites (tertiary alicyclic amines) is 1. The molecule has 3 N–H and O–H groups in total. The maximum absolute atomic E-state index is 9.02. The lowest BCUT2D eigenvalue weighted by Crippen LogP contribution is -2.42. The van der Waals surface area contributed by atoms with Crippen LogP contribution in [0.3, 0.4) is 0 Å². The van der Waals surface area contributed by atoms with E-state index in [0.717, 1.165) is 31.1 Å². The van der Waals surface area contributed by atoms with Crippen molar-refractivity contribution in [2.45, 2.75) is 26.5 Å². The minimum absolute atomic E-state index is 0.122. The van der Waals surface area contributed by atoms with Crippen LogP contribution in [0.5, 0.6) is 0 Å². The quantitative estimate of drug-likeness (QED) is 0.851. The highest BCUT2D eigenvalue weighted by molar-refractivity contribution is 5.21. The van der Waals surface area contributed by atoms with E-state index in [-0.39, 0.29) is 6.61 Å². The summed E-state index contributed by atoms with van der Waals surface area (Å²) in [5.41, 5.74) is 8.13. The Morgan fingerprint density at radius 3 is 2.56 bits per heavy atom. The van der Waals surface area contributed by atoms with Crippen LogP contribution in [0.15, 0.2) is 24.3 Å².